The summed E-state index contributed by atoms with van der Waals surface area (Å²) >= 11 is 0. The Labute approximate surface area is 89.0 Å². The molecule has 2 heterocycles. The van der Waals surface area contributed by atoms with Crippen molar-refractivity contribution >= 4 is 0 Å². The van der Waals surface area contributed by atoms with Gasteiger partial charge in [-0.2, -0.15) is 0 Å². The van der Waals surface area contributed by atoms with Crippen LogP contribution in [0, 0.1) is 0 Å². The molecule has 3 atom stereocenters. The predicted octanol–water partition coefficient (Wildman–Crippen LogP) is 1.92. The standard InChI is InChI=1S/C12H14O3/c1-13-9-4-2-8(3-5-9)10-6-11-12(15-11)7-14-10/h2-5,10-12H,6-7H2,1H3/t10-,11-,12+/m1/s1. The van der Waals surface area contributed by atoms with E-state index in [0.29, 0.717) is 12.2 Å². The molecule has 0 unspecified atom stereocenters. The maximum Gasteiger partial charge on any atom is 0.118 e. The molecule has 0 saturated carbocycles. The fourth-order valence-electron chi connectivity index (χ4n) is 2.07. The zero-order valence-electron chi connectivity index (χ0n) is 8.68. The topological polar surface area (TPSA) is 31.0 Å². The van der Waals surface area contributed by atoms with Crippen molar-refractivity contribution in [3.05, 3.63) is 29.8 Å². The smallest absolute Gasteiger partial charge is 0.118 e. The summed E-state index contributed by atoms with van der Waals surface area (Å²) in [5, 5.41) is 0. The molecule has 0 aromatic heterocycles. The Hall–Kier alpha value is -1.06. The Balaban J connectivity index is 1.74. The molecule has 0 N–H and O–H groups in total. The number of rotatable bonds is 2. The summed E-state index contributed by atoms with van der Waals surface area (Å²) in [6, 6.07) is 8.06. The van der Waals surface area contributed by atoms with Gasteiger partial charge in [-0.15, -0.1) is 0 Å². The summed E-state index contributed by atoms with van der Waals surface area (Å²) in [6.07, 6.45) is 1.99. The minimum absolute atomic E-state index is 0.194. The average Bonchev–Trinajstić information content (AvgIpc) is 3.07. The van der Waals surface area contributed by atoms with Crippen LogP contribution < -0.4 is 4.74 Å². The SMILES string of the molecule is COc1ccc([C@H]2C[C@H]3O[C@H]3CO2)cc1. The quantitative estimate of drug-likeness (QED) is 0.693. The van der Waals surface area contributed by atoms with E-state index in [-0.39, 0.29) is 6.10 Å². The maximum atomic E-state index is 5.73. The highest BCUT2D eigenvalue weighted by molar-refractivity contribution is 5.29. The lowest BCUT2D eigenvalue weighted by atomic mass is 10.0. The average molecular weight is 206 g/mol. The molecule has 2 saturated heterocycles. The first kappa shape index (κ1) is 9.19. The van der Waals surface area contributed by atoms with Crippen LogP contribution in [-0.4, -0.2) is 25.9 Å². The molecule has 2 fully saturated rings. The second-order valence-electron chi connectivity index (χ2n) is 4.04. The van der Waals surface area contributed by atoms with E-state index in [1.807, 2.05) is 12.1 Å². The highest BCUT2D eigenvalue weighted by Gasteiger charge is 2.45. The Morgan fingerprint density at radius 2 is 2.00 bits per heavy atom. The van der Waals surface area contributed by atoms with E-state index >= 15 is 0 Å². The van der Waals surface area contributed by atoms with Gasteiger partial charge in [-0.3, -0.25) is 0 Å². The van der Waals surface area contributed by atoms with Crippen molar-refractivity contribution in [3.63, 3.8) is 0 Å². The molecule has 2 aliphatic heterocycles. The molecule has 0 bridgehead atoms. The molecule has 0 radical (unpaired) electrons. The zero-order valence-corrected chi connectivity index (χ0v) is 8.68. The van der Waals surface area contributed by atoms with Crippen molar-refractivity contribution < 1.29 is 14.2 Å². The second kappa shape index (κ2) is 3.51. The van der Waals surface area contributed by atoms with Gasteiger partial charge < -0.3 is 14.2 Å². The normalized spacial score (nSPS) is 33.3. The van der Waals surface area contributed by atoms with Crippen LogP contribution in [0.2, 0.25) is 0 Å². The molecule has 0 amide bonds. The molecule has 2 aliphatic rings. The number of hydrogen-bond donors (Lipinski definition) is 0. The van der Waals surface area contributed by atoms with Gasteiger partial charge in [-0.25, -0.2) is 0 Å². The van der Waals surface area contributed by atoms with Crippen LogP contribution in [0.1, 0.15) is 18.1 Å². The van der Waals surface area contributed by atoms with Crippen LogP contribution in [0.4, 0.5) is 0 Å². The second-order valence-corrected chi connectivity index (χ2v) is 4.04. The first-order valence-electron chi connectivity index (χ1n) is 5.28. The fraction of sp³-hybridized carbons (Fsp3) is 0.500. The van der Waals surface area contributed by atoms with Crippen LogP contribution in [0.5, 0.6) is 5.75 Å². The van der Waals surface area contributed by atoms with E-state index in [2.05, 4.69) is 12.1 Å². The van der Waals surface area contributed by atoms with Crippen molar-refractivity contribution in [2.75, 3.05) is 13.7 Å². The van der Waals surface area contributed by atoms with Crippen LogP contribution in [0.25, 0.3) is 0 Å². The van der Waals surface area contributed by atoms with E-state index in [4.69, 9.17) is 14.2 Å². The minimum Gasteiger partial charge on any atom is -0.497 e. The summed E-state index contributed by atoms with van der Waals surface area (Å²) in [6.45, 7) is 0.737. The molecule has 0 aliphatic carbocycles. The molecule has 0 spiro atoms. The van der Waals surface area contributed by atoms with Gasteiger partial charge in [-0.05, 0) is 17.7 Å². The van der Waals surface area contributed by atoms with E-state index in [0.717, 1.165) is 18.8 Å². The van der Waals surface area contributed by atoms with Gasteiger partial charge in [-0.1, -0.05) is 12.1 Å². The monoisotopic (exact) mass is 206 g/mol. The van der Waals surface area contributed by atoms with E-state index in [9.17, 15) is 0 Å². The predicted molar refractivity (Wildman–Crippen MR) is 55.0 cm³/mol. The summed E-state index contributed by atoms with van der Waals surface area (Å²) in [5.74, 6) is 0.884. The third-order valence-electron chi connectivity index (χ3n) is 3.08. The van der Waals surface area contributed by atoms with E-state index < -0.39 is 0 Å². The first-order chi connectivity index (χ1) is 7.36. The van der Waals surface area contributed by atoms with Gasteiger partial charge in [0.05, 0.1) is 25.9 Å². The molecule has 1 aromatic rings. The third kappa shape index (κ3) is 1.73. The summed E-state index contributed by atoms with van der Waals surface area (Å²) < 4.78 is 16.3. The van der Waals surface area contributed by atoms with Crippen molar-refractivity contribution in [2.45, 2.75) is 24.7 Å². The molecule has 3 heteroatoms. The van der Waals surface area contributed by atoms with Crippen molar-refractivity contribution in [2.24, 2.45) is 0 Å². The zero-order chi connectivity index (χ0) is 10.3. The van der Waals surface area contributed by atoms with Gasteiger partial charge in [0.1, 0.15) is 11.9 Å². The number of epoxide rings is 1. The van der Waals surface area contributed by atoms with Crippen LogP contribution in [0.15, 0.2) is 24.3 Å². The molecule has 15 heavy (non-hydrogen) atoms. The number of fused-ring (bicyclic) bond motifs is 1. The number of hydrogen-bond acceptors (Lipinski definition) is 3. The summed E-state index contributed by atoms with van der Waals surface area (Å²) in [4.78, 5) is 0. The van der Waals surface area contributed by atoms with Crippen molar-refractivity contribution in [3.8, 4) is 5.75 Å². The highest BCUT2D eigenvalue weighted by Crippen LogP contribution is 2.39. The van der Waals surface area contributed by atoms with Gasteiger partial charge in [0.15, 0.2) is 0 Å². The maximum absolute atomic E-state index is 5.73. The van der Waals surface area contributed by atoms with E-state index in [1.54, 1.807) is 7.11 Å². The minimum atomic E-state index is 0.194. The molecule has 3 nitrogen and oxygen atoms in total. The molecule has 80 valence electrons. The number of ether oxygens (including phenoxy) is 3. The third-order valence-corrected chi connectivity index (χ3v) is 3.08. The van der Waals surface area contributed by atoms with Gasteiger partial charge >= 0.3 is 0 Å². The lowest BCUT2D eigenvalue weighted by Crippen LogP contribution is -2.18. The number of benzene rings is 1. The van der Waals surface area contributed by atoms with Gasteiger partial charge in [0.25, 0.3) is 0 Å². The lowest BCUT2D eigenvalue weighted by Gasteiger charge is -2.20. The van der Waals surface area contributed by atoms with Crippen molar-refractivity contribution in [1.29, 1.82) is 0 Å². The number of methoxy groups -OCH3 is 1. The lowest BCUT2D eigenvalue weighted by molar-refractivity contribution is 0.0289. The van der Waals surface area contributed by atoms with Gasteiger partial charge in [0, 0.05) is 6.42 Å². The molecule has 1 aromatic carbocycles. The van der Waals surface area contributed by atoms with E-state index in [1.165, 1.54) is 5.56 Å². The Morgan fingerprint density at radius 3 is 2.67 bits per heavy atom. The fourth-order valence-corrected chi connectivity index (χ4v) is 2.07. The van der Waals surface area contributed by atoms with Gasteiger partial charge in [0.2, 0.25) is 0 Å². The van der Waals surface area contributed by atoms with Crippen LogP contribution >= 0.6 is 0 Å². The first-order valence-corrected chi connectivity index (χ1v) is 5.28. The summed E-state index contributed by atoms with van der Waals surface area (Å²) in [5.41, 5.74) is 1.21. The highest BCUT2D eigenvalue weighted by atomic mass is 16.6. The Morgan fingerprint density at radius 1 is 1.20 bits per heavy atom. The van der Waals surface area contributed by atoms with Crippen LogP contribution in [0.3, 0.4) is 0 Å². The Bertz CT molecular complexity index is 346. The molecular formula is C12H14O3. The Kier molecular flexibility index (Phi) is 2.15. The molecular weight excluding hydrogens is 192 g/mol. The van der Waals surface area contributed by atoms with Crippen LogP contribution in [-0.2, 0) is 9.47 Å². The van der Waals surface area contributed by atoms with Crippen molar-refractivity contribution in [1.82, 2.24) is 0 Å². The summed E-state index contributed by atoms with van der Waals surface area (Å²) in [7, 11) is 1.68. The molecule has 3 rings (SSSR count). The largest absolute Gasteiger partial charge is 0.497 e.